The van der Waals surface area contributed by atoms with Crippen LogP contribution in [0.2, 0.25) is 0 Å². The lowest BCUT2D eigenvalue weighted by atomic mass is 10.0. The van der Waals surface area contributed by atoms with Gasteiger partial charge in [0.2, 0.25) is 5.91 Å². The third kappa shape index (κ3) is 4.96. The smallest absolute Gasteiger partial charge is 0.248 e. The molecule has 0 saturated carbocycles. The second kappa shape index (κ2) is 9.15. The summed E-state index contributed by atoms with van der Waals surface area (Å²) in [6.45, 7) is 0. The maximum Gasteiger partial charge on any atom is 0.248 e. The average molecular weight is 436 g/mol. The van der Waals surface area contributed by atoms with Crippen molar-refractivity contribution in [1.29, 1.82) is 0 Å². The van der Waals surface area contributed by atoms with E-state index >= 15 is 0 Å². The zero-order valence-corrected chi connectivity index (χ0v) is 16.8. The minimum Gasteiger partial charge on any atom is -0.496 e. The van der Waals surface area contributed by atoms with Gasteiger partial charge in [0.15, 0.2) is 5.78 Å². The Bertz CT molecular complexity index is 1030. The normalized spacial score (nSPS) is 10.6. The summed E-state index contributed by atoms with van der Waals surface area (Å²) in [5, 5.41) is 2.78. The van der Waals surface area contributed by atoms with Crippen molar-refractivity contribution in [1.82, 2.24) is 0 Å². The Kier molecular flexibility index (Phi) is 6.40. The predicted molar refractivity (Wildman–Crippen MR) is 115 cm³/mol. The summed E-state index contributed by atoms with van der Waals surface area (Å²) < 4.78 is 6.18. The number of amides is 1. The van der Waals surface area contributed by atoms with Crippen LogP contribution in [0.15, 0.2) is 83.3 Å². The van der Waals surface area contributed by atoms with Gasteiger partial charge in [-0.2, -0.15) is 0 Å². The summed E-state index contributed by atoms with van der Waals surface area (Å²) in [6.07, 6.45) is 3.11. The Balaban J connectivity index is 1.73. The van der Waals surface area contributed by atoms with Gasteiger partial charge < -0.3 is 10.1 Å². The quantitative estimate of drug-likeness (QED) is 0.419. The Hall–Kier alpha value is -3.18. The molecule has 0 bridgehead atoms. The average Bonchev–Trinajstić information content (AvgIpc) is 2.72. The van der Waals surface area contributed by atoms with Crippen molar-refractivity contribution in [2.45, 2.75) is 0 Å². The lowest BCUT2D eigenvalue weighted by Crippen LogP contribution is -2.09. The highest BCUT2D eigenvalue weighted by atomic mass is 79.9. The largest absolute Gasteiger partial charge is 0.496 e. The number of nitrogens with one attached hydrogen (secondary N) is 1. The molecule has 0 unspecified atom stereocenters. The summed E-state index contributed by atoms with van der Waals surface area (Å²) in [6, 6.07) is 21.5. The van der Waals surface area contributed by atoms with Crippen LogP contribution in [0.25, 0.3) is 6.08 Å². The van der Waals surface area contributed by atoms with Gasteiger partial charge in [0, 0.05) is 32.9 Å². The summed E-state index contributed by atoms with van der Waals surface area (Å²) in [5.41, 5.74) is 2.45. The Morgan fingerprint density at radius 3 is 2.43 bits per heavy atom. The van der Waals surface area contributed by atoms with Crippen molar-refractivity contribution in [2.24, 2.45) is 0 Å². The molecular formula is C23H18BrNO3. The SMILES string of the molecule is COc1ccc(Br)cc1C=CC(=O)Nc1cccc(C(=O)c2ccccc2)c1. The first-order chi connectivity index (χ1) is 13.6. The van der Waals surface area contributed by atoms with Crippen LogP contribution in [-0.4, -0.2) is 18.8 Å². The predicted octanol–water partition coefficient (Wildman–Crippen LogP) is 5.34. The number of ether oxygens (including phenoxy) is 1. The van der Waals surface area contributed by atoms with Gasteiger partial charge in [-0.15, -0.1) is 0 Å². The van der Waals surface area contributed by atoms with Crippen molar-refractivity contribution in [2.75, 3.05) is 12.4 Å². The van der Waals surface area contributed by atoms with Gasteiger partial charge in [-0.1, -0.05) is 58.4 Å². The summed E-state index contributed by atoms with van der Waals surface area (Å²) >= 11 is 3.41. The second-order valence-electron chi connectivity index (χ2n) is 5.98. The van der Waals surface area contributed by atoms with Gasteiger partial charge in [0.25, 0.3) is 0 Å². The minimum atomic E-state index is -0.300. The van der Waals surface area contributed by atoms with Crippen LogP contribution >= 0.6 is 15.9 Å². The van der Waals surface area contributed by atoms with Crippen LogP contribution in [0, 0.1) is 0 Å². The molecule has 140 valence electrons. The van der Waals surface area contributed by atoms with Crippen LogP contribution in [0.1, 0.15) is 21.5 Å². The number of ketones is 1. The molecule has 5 heteroatoms. The Morgan fingerprint density at radius 2 is 1.68 bits per heavy atom. The monoisotopic (exact) mass is 435 g/mol. The van der Waals surface area contributed by atoms with E-state index in [2.05, 4.69) is 21.2 Å². The maximum atomic E-state index is 12.6. The number of carbonyl (C=O) groups is 2. The molecule has 0 aliphatic heterocycles. The van der Waals surface area contributed by atoms with Crippen molar-refractivity contribution in [3.63, 3.8) is 0 Å². The molecule has 3 aromatic rings. The molecule has 0 saturated heterocycles. The number of rotatable bonds is 6. The molecule has 0 fully saturated rings. The molecule has 0 aliphatic carbocycles. The fraction of sp³-hybridized carbons (Fsp3) is 0.0435. The molecule has 0 aliphatic rings. The van der Waals surface area contributed by atoms with E-state index < -0.39 is 0 Å². The van der Waals surface area contributed by atoms with Crippen LogP contribution < -0.4 is 10.1 Å². The van der Waals surface area contributed by atoms with E-state index in [0.717, 1.165) is 10.0 Å². The number of hydrogen-bond acceptors (Lipinski definition) is 3. The van der Waals surface area contributed by atoms with Crippen LogP contribution in [0.3, 0.4) is 0 Å². The molecule has 0 atom stereocenters. The van der Waals surface area contributed by atoms with E-state index in [-0.39, 0.29) is 11.7 Å². The topological polar surface area (TPSA) is 55.4 Å². The third-order valence-corrected chi connectivity index (χ3v) is 4.53. The highest BCUT2D eigenvalue weighted by molar-refractivity contribution is 9.10. The minimum absolute atomic E-state index is 0.0916. The van der Waals surface area contributed by atoms with E-state index in [4.69, 9.17) is 4.74 Å². The number of benzene rings is 3. The zero-order valence-electron chi connectivity index (χ0n) is 15.2. The van der Waals surface area contributed by atoms with Gasteiger partial charge in [0.05, 0.1) is 7.11 Å². The van der Waals surface area contributed by atoms with Gasteiger partial charge >= 0.3 is 0 Å². The van der Waals surface area contributed by atoms with E-state index in [1.54, 1.807) is 49.6 Å². The number of methoxy groups -OCH3 is 1. The standard InChI is InChI=1S/C23H18BrNO3/c1-28-21-12-11-19(24)14-17(21)10-13-22(26)25-20-9-5-8-18(15-20)23(27)16-6-3-2-4-7-16/h2-15H,1H3,(H,25,26). The summed E-state index contributed by atoms with van der Waals surface area (Å²) in [5.74, 6) is 0.278. The van der Waals surface area contributed by atoms with Crippen molar-refractivity contribution in [3.8, 4) is 5.75 Å². The Morgan fingerprint density at radius 1 is 0.929 bits per heavy atom. The Labute approximate surface area is 172 Å². The van der Waals surface area contributed by atoms with Gasteiger partial charge in [-0.05, 0) is 36.4 Å². The second-order valence-corrected chi connectivity index (χ2v) is 6.90. The fourth-order valence-electron chi connectivity index (χ4n) is 2.68. The molecule has 3 aromatic carbocycles. The van der Waals surface area contributed by atoms with E-state index in [1.165, 1.54) is 6.08 Å². The molecule has 0 radical (unpaired) electrons. The molecule has 4 nitrogen and oxygen atoms in total. The molecule has 1 N–H and O–H groups in total. The van der Waals surface area contributed by atoms with Crippen LogP contribution in [0.5, 0.6) is 5.75 Å². The van der Waals surface area contributed by atoms with Crippen LogP contribution in [-0.2, 0) is 4.79 Å². The van der Waals surface area contributed by atoms with Crippen LogP contribution in [0.4, 0.5) is 5.69 Å². The lowest BCUT2D eigenvalue weighted by molar-refractivity contribution is -0.111. The molecule has 0 spiro atoms. The van der Waals surface area contributed by atoms with E-state index in [1.807, 2.05) is 36.4 Å². The summed E-state index contributed by atoms with van der Waals surface area (Å²) in [7, 11) is 1.58. The highest BCUT2D eigenvalue weighted by Crippen LogP contribution is 2.24. The lowest BCUT2D eigenvalue weighted by Gasteiger charge is -2.07. The van der Waals surface area contributed by atoms with E-state index in [0.29, 0.717) is 22.6 Å². The fourth-order valence-corrected chi connectivity index (χ4v) is 3.06. The summed E-state index contributed by atoms with van der Waals surface area (Å²) in [4.78, 5) is 24.8. The first-order valence-corrected chi connectivity index (χ1v) is 9.38. The van der Waals surface area contributed by atoms with Gasteiger partial charge in [-0.3, -0.25) is 9.59 Å². The first kappa shape index (κ1) is 19.6. The number of anilines is 1. The maximum absolute atomic E-state index is 12.6. The molecule has 1 amide bonds. The van der Waals surface area contributed by atoms with Crippen molar-refractivity contribution >= 4 is 39.4 Å². The van der Waals surface area contributed by atoms with E-state index in [9.17, 15) is 9.59 Å². The number of carbonyl (C=O) groups excluding carboxylic acids is 2. The molecule has 0 aromatic heterocycles. The number of halogens is 1. The first-order valence-electron chi connectivity index (χ1n) is 8.59. The van der Waals surface area contributed by atoms with Crippen molar-refractivity contribution < 1.29 is 14.3 Å². The van der Waals surface area contributed by atoms with Gasteiger partial charge in [0.1, 0.15) is 5.75 Å². The molecule has 28 heavy (non-hydrogen) atoms. The highest BCUT2D eigenvalue weighted by Gasteiger charge is 2.09. The van der Waals surface area contributed by atoms with Gasteiger partial charge in [-0.25, -0.2) is 0 Å². The number of hydrogen-bond donors (Lipinski definition) is 1. The third-order valence-electron chi connectivity index (χ3n) is 4.03. The zero-order chi connectivity index (χ0) is 19.9. The molecular weight excluding hydrogens is 418 g/mol. The molecule has 0 heterocycles. The molecule has 3 rings (SSSR count). The van der Waals surface area contributed by atoms with Crippen molar-refractivity contribution in [3.05, 3.63) is 100 Å².